The van der Waals surface area contributed by atoms with E-state index in [0.29, 0.717) is 5.75 Å². The van der Waals surface area contributed by atoms with E-state index in [2.05, 4.69) is 41.8 Å². The van der Waals surface area contributed by atoms with Gasteiger partial charge in [0.2, 0.25) is 0 Å². The number of piperidine rings is 1. The summed E-state index contributed by atoms with van der Waals surface area (Å²) in [6, 6.07) is 13.9. The number of ether oxygens (including phenoxy) is 2. The zero-order valence-electron chi connectivity index (χ0n) is 16.2. The summed E-state index contributed by atoms with van der Waals surface area (Å²) < 4.78 is 11.9. The van der Waals surface area contributed by atoms with Gasteiger partial charge in [0.15, 0.2) is 17.2 Å². The number of hydrogen-bond donors (Lipinski definition) is 3. The van der Waals surface area contributed by atoms with Crippen LogP contribution in [0.25, 0.3) is 5.70 Å². The summed E-state index contributed by atoms with van der Waals surface area (Å²) in [5.41, 5.74) is 6.43. The van der Waals surface area contributed by atoms with Crippen LogP contribution in [-0.2, 0) is 0 Å². The molecule has 0 saturated carbocycles. The molecule has 0 radical (unpaired) electrons. The van der Waals surface area contributed by atoms with Crippen LogP contribution >= 0.6 is 0 Å². The quantitative estimate of drug-likeness (QED) is 0.741. The molecule has 146 valence electrons. The maximum absolute atomic E-state index is 9.94. The Morgan fingerprint density at radius 3 is 2.79 bits per heavy atom. The van der Waals surface area contributed by atoms with Crippen molar-refractivity contribution in [2.24, 2.45) is 0 Å². The van der Waals surface area contributed by atoms with Gasteiger partial charge in [-0.25, -0.2) is 0 Å². The predicted molar refractivity (Wildman–Crippen MR) is 106 cm³/mol. The molecule has 1 spiro atoms. The number of hydrogen-bond acceptors (Lipinski definition) is 5. The lowest BCUT2D eigenvalue weighted by atomic mass is 9.93. The van der Waals surface area contributed by atoms with Crippen LogP contribution in [-0.4, -0.2) is 43.1 Å². The van der Waals surface area contributed by atoms with E-state index >= 15 is 0 Å². The Kier molecular flexibility index (Phi) is 4.00. The minimum absolute atomic E-state index is 0.109. The van der Waals surface area contributed by atoms with Crippen LogP contribution in [0.2, 0.25) is 0 Å². The average Bonchev–Trinajstić information content (AvgIpc) is 3.17. The summed E-state index contributed by atoms with van der Waals surface area (Å²) in [5.74, 6) is 1.59. The Morgan fingerprint density at radius 1 is 1.21 bits per heavy atom. The lowest BCUT2D eigenvalue weighted by Gasteiger charge is -2.50. The molecule has 6 heteroatoms. The van der Waals surface area contributed by atoms with Crippen LogP contribution in [0.3, 0.4) is 0 Å². The minimum atomic E-state index is -0.349. The summed E-state index contributed by atoms with van der Waals surface area (Å²) in [6.45, 7) is 2.16. The number of phenolic OH excluding ortho intramolecular Hbond substituents is 1. The first kappa shape index (κ1) is 17.4. The van der Waals surface area contributed by atoms with E-state index in [1.54, 1.807) is 18.1 Å². The number of nitrogens with zero attached hydrogens (tertiary/aromatic N) is 1. The summed E-state index contributed by atoms with van der Waals surface area (Å²) in [7, 11) is 3.81. The average molecular weight is 380 g/mol. The van der Waals surface area contributed by atoms with E-state index in [-0.39, 0.29) is 17.5 Å². The van der Waals surface area contributed by atoms with Crippen LogP contribution in [0.4, 0.5) is 0 Å². The van der Waals surface area contributed by atoms with Gasteiger partial charge in [-0.2, -0.15) is 5.01 Å². The fraction of sp³-hybridized carbons (Fsp3) is 0.364. The van der Waals surface area contributed by atoms with Crippen molar-refractivity contribution >= 4 is 5.70 Å². The number of methoxy groups -OCH3 is 1. The SMILES string of the molecule is COc1cc(C2=C[C@@H]3c4ccccc4OC4(CC[NH+](C)CC4)N3N2)ccc1O. The van der Waals surface area contributed by atoms with E-state index in [4.69, 9.17) is 9.47 Å². The number of aromatic hydroxyl groups is 1. The van der Waals surface area contributed by atoms with E-state index in [9.17, 15) is 5.11 Å². The van der Waals surface area contributed by atoms with Crippen LogP contribution in [0.1, 0.15) is 30.0 Å². The molecule has 2 aromatic carbocycles. The van der Waals surface area contributed by atoms with Crippen LogP contribution in [0.5, 0.6) is 17.2 Å². The number of likely N-dealkylation sites (tertiary alicyclic amines) is 1. The number of rotatable bonds is 2. The predicted octanol–water partition coefficient (Wildman–Crippen LogP) is 1.70. The second-order valence-corrected chi connectivity index (χ2v) is 7.94. The van der Waals surface area contributed by atoms with Gasteiger partial charge in [0.05, 0.1) is 51.8 Å². The van der Waals surface area contributed by atoms with Crippen molar-refractivity contribution in [2.75, 3.05) is 27.2 Å². The van der Waals surface area contributed by atoms with Crippen molar-refractivity contribution in [1.82, 2.24) is 10.4 Å². The number of para-hydroxylation sites is 1. The number of phenols is 1. The second kappa shape index (κ2) is 6.43. The maximum Gasteiger partial charge on any atom is 0.191 e. The highest BCUT2D eigenvalue weighted by molar-refractivity contribution is 5.69. The molecule has 3 aliphatic rings. The largest absolute Gasteiger partial charge is 0.504 e. The second-order valence-electron chi connectivity index (χ2n) is 7.94. The first-order valence-electron chi connectivity index (χ1n) is 9.84. The highest BCUT2D eigenvalue weighted by atomic mass is 16.5. The summed E-state index contributed by atoms with van der Waals surface area (Å²) in [5, 5.41) is 12.2. The van der Waals surface area contributed by atoms with Crippen molar-refractivity contribution in [1.29, 1.82) is 0 Å². The molecule has 0 amide bonds. The van der Waals surface area contributed by atoms with Gasteiger partial charge in [0.1, 0.15) is 5.75 Å². The molecule has 3 aliphatic heterocycles. The molecule has 0 aliphatic carbocycles. The number of benzene rings is 2. The van der Waals surface area contributed by atoms with Crippen molar-refractivity contribution < 1.29 is 19.5 Å². The zero-order chi connectivity index (χ0) is 19.3. The third-order valence-electron chi connectivity index (χ3n) is 6.20. The smallest absolute Gasteiger partial charge is 0.191 e. The molecule has 0 aromatic heterocycles. The summed E-state index contributed by atoms with van der Waals surface area (Å²) in [6.07, 6.45) is 4.19. The molecule has 5 rings (SSSR count). The molecular weight excluding hydrogens is 354 g/mol. The van der Waals surface area contributed by atoms with Crippen molar-refractivity contribution in [3.63, 3.8) is 0 Å². The first-order valence-corrected chi connectivity index (χ1v) is 9.84. The van der Waals surface area contributed by atoms with Crippen LogP contribution in [0, 0.1) is 0 Å². The Balaban J connectivity index is 1.56. The lowest BCUT2D eigenvalue weighted by molar-refractivity contribution is -0.888. The topological polar surface area (TPSA) is 58.4 Å². The third-order valence-corrected chi connectivity index (χ3v) is 6.20. The molecule has 6 nitrogen and oxygen atoms in total. The van der Waals surface area contributed by atoms with Crippen LogP contribution in [0.15, 0.2) is 48.5 Å². The molecular formula is C22H26N3O3+. The molecule has 2 aromatic rings. The molecule has 1 fully saturated rings. The molecule has 1 atom stereocenters. The highest BCUT2D eigenvalue weighted by Gasteiger charge is 2.52. The van der Waals surface area contributed by atoms with Crippen molar-refractivity contribution in [2.45, 2.75) is 24.6 Å². The molecule has 3 heterocycles. The Morgan fingerprint density at radius 2 is 2.00 bits per heavy atom. The van der Waals surface area contributed by atoms with Gasteiger partial charge in [0, 0.05) is 11.1 Å². The number of nitrogens with one attached hydrogen (secondary N) is 2. The van der Waals surface area contributed by atoms with E-state index < -0.39 is 0 Å². The van der Waals surface area contributed by atoms with E-state index in [1.807, 2.05) is 18.2 Å². The minimum Gasteiger partial charge on any atom is -0.504 e. The van der Waals surface area contributed by atoms with Gasteiger partial charge in [-0.05, 0) is 30.3 Å². The van der Waals surface area contributed by atoms with Crippen molar-refractivity contribution in [3.05, 3.63) is 59.7 Å². The van der Waals surface area contributed by atoms with Gasteiger partial charge >= 0.3 is 0 Å². The van der Waals surface area contributed by atoms with Gasteiger partial charge in [-0.15, -0.1) is 0 Å². The maximum atomic E-state index is 9.94. The fourth-order valence-corrected chi connectivity index (χ4v) is 4.54. The summed E-state index contributed by atoms with van der Waals surface area (Å²) >= 11 is 0. The monoisotopic (exact) mass is 380 g/mol. The van der Waals surface area contributed by atoms with E-state index in [1.165, 1.54) is 5.56 Å². The Labute approximate surface area is 164 Å². The number of quaternary nitrogens is 1. The number of hydrazine groups is 1. The molecule has 0 unspecified atom stereocenters. The highest BCUT2D eigenvalue weighted by Crippen LogP contribution is 2.47. The van der Waals surface area contributed by atoms with Crippen molar-refractivity contribution in [3.8, 4) is 17.2 Å². The number of fused-ring (bicyclic) bond motifs is 4. The molecule has 0 bridgehead atoms. The Hall–Kier alpha value is -2.70. The van der Waals surface area contributed by atoms with Gasteiger partial charge in [-0.3, -0.25) is 0 Å². The fourth-order valence-electron chi connectivity index (χ4n) is 4.54. The zero-order valence-corrected chi connectivity index (χ0v) is 16.2. The molecule has 3 N–H and O–H groups in total. The standard InChI is InChI=1S/C22H25N3O3/c1-24-11-9-22(10-12-24)25-18(16-5-3-4-6-20(16)28-22)14-17(23-25)15-7-8-19(26)21(13-15)27-2/h3-8,13-14,18,23,26H,9-12H2,1-2H3/p+1/t18-/m1/s1. The van der Waals surface area contributed by atoms with E-state index in [0.717, 1.165) is 42.9 Å². The molecule has 28 heavy (non-hydrogen) atoms. The Bertz CT molecular complexity index is 934. The van der Waals surface area contributed by atoms with Gasteiger partial charge < -0.3 is 24.9 Å². The molecule has 1 saturated heterocycles. The third kappa shape index (κ3) is 2.64. The first-order chi connectivity index (χ1) is 13.6. The normalized spacial score (nSPS) is 28.7. The van der Waals surface area contributed by atoms with Gasteiger partial charge in [-0.1, -0.05) is 18.2 Å². The summed E-state index contributed by atoms with van der Waals surface area (Å²) in [4.78, 5) is 1.54. The lowest BCUT2D eigenvalue weighted by Crippen LogP contribution is -3.11. The van der Waals surface area contributed by atoms with Gasteiger partial charge in [0.25, 0.3) is 0 Å². The van der Waals surface area contributed by atoms with Crippen LogP contribution < -0.4 is 19.8 Å².